The summed E-state index contributed by atoms with van der Waals surface area (Å²) in [7, 11) is -9.66. The summed E-state index contributed by atoms with van der Waals surface area (Å²) in [5.74, 6) is 0. The van der Waals surface area contributed by atoms with E-state index in [1.807, 2.05) is 30.3 Å². The van der Waals surface area contributed by atoms with Crippen LogP contribution in [0.1, 0.15) is 0 Å². The minimum absolute atomic E-state index is 0.198. The van der Waals surface area contributed by atoms with E-state index in [2.05, 4.69) is 0 Å². The van der Waals surface area contributed by atoms with Crippen molar-refractivity contribution in [3.8, 4) is 0 Å². The summed E-state index contributed by atoms with van der Waals surface area (Å²) in [6.07, 6.45) is 0. The topological polar surface area (TPSA) is 109 Å². The van der Waals surface area contributed by atoms with Crippen LogP contribution >= 0.6 is 7.92 Å². The van der Waals surface area contributed by atoms with Gasteiger partial charge in [0.25, 0.3) is 20.2 Å². The third-order valence-electron chi connectivity index (χ3n) is 3.80. The molecule has 140 valence electrons. The molecule has 0 aliphatic carbocycles. The highest BCUT2D eigenvalue weighted by molar-refractivity contribution is 7.86. The third-order valence-corrected chi connectivity index (χ3v) is 7.98. The van der Waals surface area contributed by atoms with Gasteiger partial charge in [0, 0.05) is 0 Å². The Morgan fingerprint density at radius 3 is 1.19 bits per heavy atom. The van der Waals surface area contributed by atoms with Crippen molar-refractivity contribution >= 4 is 44.1 Å². The van der Waals surface area contributed by atoms with E-state index >= 15 is 0 Å². The van der Waals surface area contributed by atoms with E-state index in [1.165, 1.54) is 24.3 Å². The second-order valence-corrected chi connectivity index (χ2v) is 10.7. The SMILES string of the molecule is O=S(=O)(O)c1ccc(P(c2ccccc2)c2ccc(S(=O)(=O)O)cc2)cc1. The van der Waals surface area contributed by atoms with E-state index in [1.54, 1.807) is 24.3 Å². The monoisotopic (exact) mass is 422 g/mol. The quantitative estimate of drug-likeness (QED) is 0.481. The molecule has 0 bridgehead atoms. The molecule has 0 aliphatic rings. The lowest BCUT2D eigenvalue weighted by molar-refractivity contribution is 0.481. The molecule has 0 atom stereocenters. The van der Waals surface area contributed by atoms with Gasteiger partial charge in [0.15, 0.2) is 0 Å². The van der Waals surface area contributed by atoms with Crippen LogP contribution in [0.2, 0.25) is 0 Å². The van der Waals surface area contributed by atoms with Crippen molar-refractivity contribution in [3.63, 3.8) is 0 Å². The molecule has 0 unspecified atom stereocenters. The zero-order valence-corrected chi connectivity index (χ0v) is 16.3. The molecule has 3 aromatic rings. The first-order valence-corrected chi connectivity index (χ1v) is 11.9. The Labute approximate surface area is 158 Å². The second kappa shape index (κ2) is 7.50. The first-order valence-electron chi connectivity index (χ1n) is 7.66. The van der Waals surface area contributed by atoms with Gasteiger partial charge in [-0.25, -0.2) is 0 Å². The van der Waals surface area contributed by atoms with E-state index in [-0.39, 0.29) is 9.79 Å². The van der Waals surface area contributed by atoms with Gasteiger partial charge in [-0.2, -0.15) is 16.8 Å². The van der Waals surface area contributed by atoms with Gasteiger partial charge in [-0.1, -0.05) is 54.6 Å². The zero-order chi connectivity index (χ0) is 19.7. The predicted molar refractivity (Wildman–Crippen MR) is 105 cm³/mol. The average molecular weight is 422 g/mol. The normalized spacial score (nSPS) is 12.3. The summed E-state index contributed by atoms with van der Waals surface area (Å²) in [4.78, 5) is -0.396. The van der Waals surface area contributed by atoms with Gasteiger partial charge in [0.2, 0.25) is 0 Å². The highest BCUT2D eigenvalue weighted by Gasteiger charge is 2.19. The Kier molecular flexibility index (Phi) is 5.46. The first kappa shape index (κ1) is 19.7. The summed E-state index contributed by atoms with van der Waals surface area (Å²) in [5, 5.41) is 2.62. The minimum Gasteiger partial charge on any atom is -0.282 e. The molecule has 27 heavy (non-hydrogen) atoms. The van der Waals surface area contributed by atoms with Crippen molar-refractivity contribution in [2.75, 3.05) is 0 Å². The number of hydrogen-bond acceptors (Lipinski definition) is 4. The smallest absolute Gasteiger partial charge is 0.282 e. The molecule has 0 saturated carbocycles. The molecule has 0 spiro atoms. The van der Waals surface area contributed by atoms with Crippen molar-refractivity contribution < 1.29 is 25.9 Å². The summed E-state index contributed by atoms with van der Waals surface area (Å²) in [5.41, 5.74) is 0. The molecule has 0 radical (unpaired) electrons. The minimum atomic E-state index is -4.28. The van der Waals surface area contributed by atoms with Crippen molar-refractivity contribution in [3.05, 3.63) is 78.9 Å². The Morgan fingerprint density at radius 1 is 0.519 bits per heavy atom. The van der Waals surface area contributed by atoms with Crippen LogP contribution in [-0.4, -0.2) is 25.9 Å². The molecule has 3 rings (SSSR count). The molecule has 0 fully saturated rings. The highest BCUT2D eigenvalue weighted by atomic mass is 32.2. The van der Waals surface area contributed by atoms with Crippen LogP contribution in [0.3, 0.4) is 0 Å². The fourth-order valence-electron chi connectivity index (χ4n) is 2.56. The van der Waals surface area contributed by atoms with E-state index in [4.69, 9.17) is 9.11 Å². The van der Waals surface area contributed by atoms with Crippen LogP contribution in [-0.2, 0) is 20.2 Å². The summed E-state index contributed by atoms with van der Waals surface area (Å²) >= 11 is 0. The lowest BCUT2D eigenvalue weighted by Crippen LogP contribution is -2.21. The molecule has 6 nitrogen and oxygen atoms in total. The summed E-state index contributed by atoms with van der Waals surface area (Å²) in [6.45, 7) is 0. The molecule has 0 heterocycles. The van der Waals surface area contributed by atoms with Gasteiger partial charge in [0.05, 0.1) is 9.79 Å². The van der Waals surface area contributed by atoms with Crippen LogP contribution in [0.25, 0.3) is 0 Å². The molecule has 2 N–H and O–H groups in total. The summed E-state index contributed by atoms with van der Waals surface area (Å²) < 4.78 is 63.4. The molecular weight excluding hydrogens is 407 g/mol. The molecule has 9 heteroatoms. The van der Waals surface area contributed by atoms with Gasteiger partial charge in [-0.05, 0) is 48.1 Å². The largest absolute Gasteiger partial charge is 0.294 e. The van der Waals surface area contributed by atoms with Crippen LogP contribution in [0.15, 0.2) is 88.7 Å². The fraction of sp³-hybridized carbons (Fsp3) is 0. The standard InChI is InChI=1S/C18H15O6PS2/c19-26(20,21)17-10-6-15(7-11-17)25(14-4-2-1-3-5-14)16-8-12-18(13-9-16)27(22,23)24/h1-13H,(H,19,20,21)(H,22,23,24). The van der Waals surface area contributed by atoms with Crippen LogP contribution in [0.4, 0.5) is 0 Å². The Morgan fingerprint density at radius 2 is 0.852 bits per heavy atom. The lowest BCUT2D eigenvalue weighted by Gasteiger charge is -2.19. The molecular formula is C18H15O6PS2. The zero-order valence-electron chi connectivity index (χ0n) is 13.8. The van der Waals surface area contributed by atoms with Gasteiger partial charge in [0.1, 0.15) is 0 Å². The molecule has 3 aromatic carbocycles. The molecule has 0 saturated heterocycles. The van der Waals surface area contributed by atoms with Crippen LogP contribution in [0, 0.1) is 0 Å². The van der Waals surface area contributed by atoms with Gasteiger partial charge in [-0.15, -0.1) is 0 Å². The molecule has 0 amide bonds. The maximum atomic E-state index is 11.3. The van der Waals surface area contributed by atoms with E-state index < -0.39 is 28.2 Å². The number of hydrogen-bond donors (Lipinski definition) is 2. The van der Waals surface area contributed by atoms with Crippen LogP contribution < -0.4 is 15.9 Å². The first-order chi connectivity index (χ1) is 12.7. The maximum Gasteiger partial charge on any atom is 0.294 e. The van der Waals surface area contributed by atoms with E-state index in [9.17, 15) is 16.8 Å². The second-order valence-electron chi connectivity index (χ2n) is 5.61. The third kappa shape index (κ3) is 4.61. The van der Waals surface area contributed by atoms with Crippen molar-refractivity contribution in [2.24, 2.45) is 0 Å². The summed E-state index contributed by atoms with van der Waals surface area (Å²) in [6, 6.07) is 21.3. The molecule has 0 aromatic heterocycles. The fourth-order valence-corrected chi connectivity index (χ4v) is 5.78. The van der Waals surface area contributed by atoms with Gasteiger partial charge >= 0.3 is 0 Å². The van der Waals surface area contributed by atoms with Crippen molar-refractivity contribution in [1.29, 1.82) is 0 Å². The van der Waals surface area contributed by atoms with E-state index in [0.29, 0.717) is 0 Å². The number of benzene rings is 3. The lowest BCUT2D eigenvalue weighted by atomic mass is 10.3. The van der Waals surface area contributed by atoms with E-state index in [0.717, 1.165) is 15.9 Å². The van der Waals surface area contributed by atoms with Gasteiger partial charge < -0.3 is 0 Å². The Balaban J connectivity index is 2.10. The van der Waals surface area contributed by atoms with Crippen LogP contribution in [0.5, 0.6) is 0 Å². The maximum absolute atomic E-state index is 11.3. The molecule has 0 aliphatic heterocycles. The highest BCUT2D eigenvalue weighted by Crippen LogP contribution is 2.33. The predicted octanol–water partition coefficient (Wildman–Crippen LogP) is 1.94. The average Bonchev–Trinajstić information content (AvgIpc) is 2.62. The number of rotatable bonds is 5. The van der Waals surface area contributed by atoms with Gasteiger partial charge in [-0.3, -0.25) is 9.11 Å². The Bertz CT molecular complexity index is 1070. The Hall–Kier alpha value is -2.09. The van der Waals surface area contributed by atoms with Crippen molar-refractivity contribution in [2.45, 2.75) is 9.79 Å². The van der Waals surface area contributed by atoms with Crippen molar-refractivity contribution in [1.82, 2.24) is 0 Å².